The number of fused-ring (bicyclic) bond motifs is 1. The van der Waals surface area contributed by atoms with Crippen molar-refractivity contribution in [1.29, 1.82) is 0 Å². The van der Waals surface area contributed by atoms with Crippen LogP contribution in [0.25, 0.3) is 10.9 Å². The highest BCUT2D eigenvalue weighted by Gasteiger charge is 2.17. The summed E-state index contributed by atoms with van der Waals surface area (Å²) in [4.78, 5) is 0. The maximum atomic E-state index is 9.67. The van der Waals surface area contributed by atoms with Crippen molar-refractivity contribution in [2.24, 2.45) is 5.92 Å². The summed E-state index contributed by atoms with van der Waals surface area (Å²) < 4.78 is 7.80. The van der Waals surface area contributed by atoms with Gasteiger partial charge in [0.25, 0.3) is 0 Å². The average Bonchev–Trinajstić information content (AvgIpc) is 2.78. The van der Waals surface area contributed by atoms with Gasteiger partial charge in [0.2, 0.25) is 0 Å². The van der Waals surface area contributed by atoms with E-state index in [2.05, 4.69) is 35.0 Å². The van der Waals surface area contributed by atoms with Crippen LogP contribution in [0.3, 0.4) is 0 Å². The van der Waals surface area contributed by atoms with E-state index in [0.717, 1.165) is 39.0 Å². The summed E-state index contributed by atoms with van der Waals surface area (Å²) in [6.07, 6.45) is 4.96. The van der Waals surface area contributed by atoms with Gasteiger partial charge < -0.3 is 14.4 Å². The smallest absolute Gasteiger partial charge is 0.0553 e. The predicted molar refractivity (Wildman–Crippen MR) is 80.9 cm³/mol. The van der Waals surface area contributed by atoms with Crippen LogP contribution in [0, 0.1) is 5.92 Å². The Kier molecular flexibility index (Phi) is 4.08. The molecule has 0 aliphatic carbocycles. The van der Waals surface area contributed by atoms with Crippen LogP contribution in [0.5, 0.6) is 0 Å². The molecule has 1 atom stereocenters. The van der Waals surface area contributed by atoms with E-state index in [0.29, 0.717) is 5.92 Å². The maximum Gasteiger partial charge on any atom is 0.0553 e. The second-order valence-corrected chi connectivity index (χ2v) is 5.93. The standard InChI is InChI=1S/C17H23NO2/c1-13(19)10-15-12-18(11-14-6-8-20-9-7-14)17-5-3-2-4-16(15)17/h2-5,12-14,19H,6-11H2,1H3. The van der Waals surface area contributed by atoms with Crippen molar-refractivity contribution in [3.63, 3.8) is 0 Å². The Labute approximate surface area is 120 Å². The van der Waals surface area contributed by atoms with Gasteiger partial charge in [-0.05, 0) is 37.3 Å². The molecule has 0 radical (unpaired) electrons. The topological polar surface area (TPSA) is 34.4 Å². The normalized spacial score (nSPS) is 18.5. The van der Waals surface area contributed by atoms with Crippen LogP contribution in [0.1, 0.15) is 25.3 Å². The van der Waals surface area contributed by atoms with E-state index in [-0.39, 0.29) is 6.10 Å². The lowest BCUT2D eigenvalue weighted by atomic mass is 10.0. The molecule has 0 spiro atoms. The van der Waals surface area contributed by atoms with Crippen LogP contribution < -0.4 is 0 Å². The number of para-hydroxylation sites is 1. The van der Waals surface area contributed by atoms with E-state index in [4.69, 9.17) is 4.74 Å². The Balaban J connectivity index is 1.89. The summed E-state index contributed by atoms with van der Waals surface area (Å²) >= 11 is 0. The molecule has 1 aromatic heterocycles. The van der Waals surface area contributed by atoms with Crippen molar-refractivity contribution in [2.45, 2.75) is 38.8 Å². The molecule has 1 saturated heterocycles. The van der Waals surface area contributed by atoms with E-state index in [1.54, 1.807) is 0 Å². The van der Waals surface area contributed by atoms with Gasteiger partial charge in [0.05, 0.1) is 6.10 Å². The van der Waals surface area contributed by atoms with Crippen LogP contribution in [-0.4, -0.2) is 29.0 Å². The minimum atomic E-state index is -0.294. The van der Waals surface area contributed by atoms with Gasteiger partial charge in [-0.2, -0.15) is 0 Å². The number of aromatic nitrogens is 1. The first kappa shape index (κ1) is 13.7. The molecule has 1 aliphatic rings. The summed E-state index contributed by atoms with van der Waals surface area (Å²) in [7, 11) is 0. The van der Waals surface area contributed by atoms with Gasteiger partial charge in [-0.1, -0.05) is 18.2 Å². The van der Waals surface area contributed by atoms with Gasteiger partial charge in [-0.15, -0.1) is 0 Å². The molecule has 2 aromatic rings. The fraction of sp³-hybridized carbons (Fsp3) is 0.529. The summed E-state index contributed by atoms with van der Waals surface area (Å²) in [6, 6.07) is 8.51. The highest BCUT2D eigenvalue weighted by atomic mass is 16.5. The van der Waals surface area contributed by atoms with Crippen LogP contribution >= 0.6 is 0 Å². The van der Waals surface area contributed by atoms with Crippen molar-refractivity contribution in [2.75, 3.05) is 13.2 Å². The number of hydrogen-bond donors (Lipinski definition) is 1. The largest absolute Gasteiger partial charge is 0.393 e. The molecule has 1 aromatic carbocycles. The first-order valence-electron chi connectivity index (χ1n) is 7.56. The van der Waals surface area contributed by atoms with E-state index in [9.17, 15) is 5.11 Å². The number of aliphatic hydroxyl groups excluding tert-OH is 1. The minimum absolute atomic E-state index is 0.294. The monoisotopic (exact) mass is 273 g/mol. The number of ether oxygens (including phenoxy) is 1. The van der Waals surface area contributed by atoms with Gasteiger partial charge in [-0.3, -0.25) is 0 Å². The zero-order valence-electron chi connectivity index (χ0n) is 12.1. The lowest BCUT2D eigenvalue weighted by molar-refractivity contribution is 0.0616. The predicted octanol–water partition coefficient (Wildman–Crippen LogP) is 2.99. The molecule has 3 heteroatoms. The lowest BCUT2D eigenvalue weighted by Gasteiger charge is -2.22. The molecule has 20 heavy (non-hydrogen) atoms. The van der Waals surface area contributed by atoms with Gasteiger partial charge in [-0.25, -0.2) is 0 Å². The summed E-state index contributed by atoms with van der Waals surface area (Å²) in [5.41, 5.74) is 2.54. The van der Waals surface area contributed by atoms with Crippen molar-refractivity contribution < 1.29 is 9.84 Å². The molecular weight excluding hydrogens is 250 g/mol. The molecule has 2 heterocycles. The first-order valence-corrected chi connectivity index (χ1v) is 7.56. The van der Waals surface area contributed by atoms with Crippen molar-refractivity contribution in [3.8, 4) is 0 Å². The molecule has 0 amide bonds. The molecule has 108 valence electrons. The van der Waals surface area contributed by atoms with E-state index in [1.807, 2.05) is 6.92 Å². The highest BCUT2D eigenvalue weighted by molar-refractivity contribution is 5.84. The van der Waals surface area contributed by atoms with Crippen molar-refractivity contribution in [1.82, 2.24) is 4.57 Å². The fourth-order valence-electron chi connectivity index (χ4n) is 3.16. The molecule has 1 fully saturated rings. The highest BCUT2D eigenvalue weighted by Crippen LogP contribution is 2.25. The Hall–Kier alpha value is -1.32. The number of aliphatic hydroxyl groups is 1. The summed E-state index contributed by atoms with van der Waals surface area (Å²) in [5, 5.41) is 10.9. The number of hydrogen-bond acceptors (Lipinski definition) is 2. The third-order valence-corrected chi connectivity index (χ3v) is 4.18. The van der Waals surface area contributed by atoms with Crippen LogP contribution in [-0.2, 0) is 17.7 Å². The SMILES string of the molecule is CC(O)Cc1cn(CC2CCOCC2)c2ccccc12. The van der Waals surface area contributed by atoms with E-state index in [1.165, 1.54) is 16.5 Å². The first-order chi connectivity index (χ1) is 9.74. The average molecular weight is 273 g/mol. The van der Waals surface area contributed by atoms with Crippen molar-refractivity contribution in [3.05, 3.63) is 36.0 Å². The third kappa shape index (κ3) is 2.89. The lowest BCUT2D eigenvalue weighted by Crippen LogP contribution is -2.20. The number of benzene rings is 1. The molecule has 3 nitrogen and oxygen atoms in total. The Morgan fingerprint density at radius 3 is 2.80 bits per heavy atom. The van der Waals surface area contributed by atoms with Gasteiger partial charge >= 0.3 is 0 Å². The molecule has 0 bridgehead atoms. The van der Waals surface area contributed by atoms with Crippen LogP contribution in [0.4, 0.5) is 0 Å². The minimum Gasteiger partial charge on any atom is -0.393 e. The Morgan fingerprint density at radius 1 is 1.30 bits per heavy atom. The third-order valence-electron chi connectivity index (χ3n) is 4.18. The number of nitrogens with zero attached hydrogens (tertiary/aromatic N) is 1. The summed E-state index contributed by atoms with van der Waals surface area (Å²) in [5.74, 6) is 0.707. The fourth-order valence-corrected chi connectivity index (χ4v) is 3.16. The van der Waals surface area contributed by atoms with Gasteiger partial charge in [0.1, 0.15) is 0 Å². The molecule has 1 N–H and O–H groups in total. The van der Waals surface area contributed by atoms with E-state index >= 15 is 0 Å². The zero-order chi connectivity index (χ0) is 13.9. The quantitative estimate of drug-likeness (QED) is 0.929. The second kappa shape index (κ2) is 5.98. The van der Waals surface area contributed by atoms with Gasteiger partial charge in [0, 0.05) is 43.3 Å². The molecule has 1 aliphatic heterocycles. The molecule has 0 saturated carbocycles. The second-order valence-electron chi connectivity index (χ2n) is 5.93. The van der Waals surface area contributed by atoms with E-state index < -0.39 is 0 Å². The van der Waals surface area contributed by atoms with Gasteiger partial charge in [0.15, 0.2) is 0 Å². The maximum absolute atomic E-state index is 9.67. The Morgan fingerprint density at radius 2 is 2.05 bits per heavy atom. The molecular formula is C17H23NO2. The zero-order valence-corrected chi connectivity index (χ0v) is 12.1. The van der Waals surface area contributed by atoms with Crippen molar-refractivity contribution >= 4 is 10.9 Å². The van der Waals surface area contributed by atoms with Crippen LogP contribution in [0.2, 0.25) is 0 Å². The number of rotatable bonds is 4. The Bertz CT molecular complexity index is 567. The van der Waals surface area contributed by atoms with Crippen LogP contribution in [0.15, 0.2) is 30.5 Å². The molecule has 3 rings (SSSR count). The summed E-state index contributed by atoms with van der Waals surface area (Å²) in [6.45, 7) is 4.70. The molecule has 1 unspecified atom stereocenters.